The Labute approximate surface area is 152 Å². The number of rotatable bonds is 7. The normalized spacial score (nSPS) is 14.5. The topological polar surface area (TPSA) is 58.2 Å². The lowest BCUT2D eigenvalue weighted by atomic mass is 10.0. The van der Waals surface area contributed by atoms with Crippen LogP contribution in [-0.2, 0) is 22.6 Å². The van der Waals surface area contributed by atoms with Gasteiger partial charge in [-0.25, -0.2) is 4.39 Å². The summed E-state index contributed by atoms with van der Waals surface area (Å²) < 4.78 is 13.6. The maximum atomic E-state index is 13.6. The zero-order chi connectivity index (χ0) is 18.6. The van der Waals surface area contributed by atoms with E-state index in [9.17, 15) is 14.0 Å². The van der Waals surface area contributed by atoms with Gasteiger partial charge in [-0.05, 0) is 43.4 Å². The molecule has 0 saturated heterocycles. The van der Waals surface area contributed by atoms with Crippen molar-refractivity contribution in [3.63, 3.8) is 0 Å². The molecule has 3 rings (SSSR count). The molecule has 0 bridgehead atoms. The van der Waals surface area contributed by atoms with Crippen LogP contribution in [-0.4, -0.2) is 18.4 Å². The summed E-state index contributed by atoms with van der Waals surface area (Å²) in [5.41, 5.74) is 1.76. The molecule has 0 unspecified atom stereocenters. The second kappa shape index (κ2) is 7.68. The minimum atomic E-state index is -0.958. The molecule has 1 aliphatic rings. The second-order valence-corrected chi connectivity index (χ2v) is 6.85. The van der Waals surface area contributed by atoms with Crippen molar-refractivity contribution in [2.24, 2.45) is 5.41 Å². The molecule has 2 aromatic rings. The summed E-state index contributed by atoms with van der Waals surface area (Å²) in [6.07, 6.45) is 1.51. The first-order valence-corrected chi connectivity index (χ1v) is 8.87. The molecule has 26 heavy (non-hydrogen) atoms. The standard InChI is InChI=1S/C21H23FN2O2/c1-15-6-8-16(9-7-15)14-24-20(26)21(11-12-21)19(25)23-13-10-17-4-2-3-5-18(17)22/h2-9H,10-14H2,1H3,(H,23,25)(H,24,26). The van der Waals surface area contributed by atoms with Crippen LogP contribution in [0.2, 0.25) is 0 Å². The molecule has 0 aliphatic heterocycles. The number of aryl methyl sites for hydroxylation is 1. The molecule has 2 N–H and O–H groups in total. The van der Waals surface area contributed by atoms with Crippen LogP contribution in [0, 0.1) is 18.2 Å². The molecule has 0 heterocycles. The van der Waals surface area contributed by atoms with Crippen molar-refractivity contribution in [1.82, 2.24) is 10.6 Å². The predicted octanol–water partition coefficient (Wildman–Crippen LogP) is 2.89. The van der Waals surface area contributed by atoms with Gasteiger partial charge in [-0.1, -0.05) is 48.0 Å². The molecule has 0 aromatic heterocycles. The number of hydrogen-bond donors (Lipinski definition) is 2. The van der Waals surface area contributed by atoms with Gasteiger partial charge >= 0.3 is 0 Å². The highest BCUT2D eigenvalue weighted by Gasteiger charge is 2.56. The Hall–Kier alpha value is -2.69. The minimum Gasteiger partial charge on any atom is -0.355 e. The molecule has 0 spiro atoms. The Morgan fingerprint density at radius 1 is 1.00 bits per heavy atom. The first-order valence-electron chi connectivity index (χ1n) is 8.87. The van der Waals surface area contributed by atoms with Gasteiger partial charge in [0.25, 0.3) is 0 Å². The first-order chi connectivity index (χ1) is 12.5. The highest BCUT2D eigenvalue weighted by Crippen LogP contribution is 2.46. The SMILES string of the molecule is Cc1ccc(CNC(=O)C2(C(=O)NCCc3ccccc3F)CC2)cc1. The van der Waals surface area contributed by atoms with Gasteiger partial charge in [0.2, 0.25) is 11.8 Å². The van der Waals surface area contributed by atoms with Gasteiger partial charge in [0.1, 0.15) is 11.2 Å². The van der Waals surface area contributed by atoms with E-state index < -0.39 is 5.41 Å². The third-order valence-electron chi connectivity index (χ3n) is 4.83. The summed E-state index contributed by atoms with van der Waals surface area (Å²) in [5.74, 6) is -0.782. The van der Waals surface area contributed by atoms with Gasteiger partial charge in [0, 0.05) is 13.1 Å². The van der Waals surface area contributed by atoms with Crippen molar-refractivity contribution in [3.05, 3.63) is 71.0 Å². The molecule has 2 amide bonds. The summed E-state index contributed by atoms with van der Waals surface area (Å²) in [5, 5.41) is 5.64. The molecule has 4 nitrogen and oxygen atoms in total. The van der Waals surface area contributed by atoms with E-state index in [1.54, 1.807) is 18.2 Å². The number of amides is 2. The highest BCUT2D eigenvalue weighted by atomic mass is 19.1. The fourth-order valence-electron chi connectivity index (χ4n) is 2.92. The molecular formula is C21H23FN2O2. The summed E-state index contributed by atoms with van der Waals surface area (Å²) in [6, 6.07) is 14.4. The fraction of sp³-hybridized carbons (Fsp3) is 0.333. The summed E-state index contributed by atoms with van der Waals surface area (Å²) >= 11 is 0. The third-order valence-corrected chi connectivity index (χ3v) is 4.83. The lowest BCUT2D eigenvalue weighted by Crippen LogP contribution is -2.43. The monoisotopic (exact) mass is 354 g/mol. The third kappa shape index (κ3) is 4.10. The van der Waals surface area contributed by atoms with Crippen molar-refractivity contribution in [1.29, 1.82) is 0 Å². The maximum Gasteiger partial charge on any atom is 0.235 e. The van der Waals surface area contributed by atoms with E-state index in [0.717, 1.165) is 11.1 Å². The Balaban J connectivity index is 1.49. The van der Waals surface area contributed by atoms with E-state index in [0.29, 0.717) is 37.9 Å². The van der Waals surface area contributed by atoms with Crippen LogP contribution < -0.4 is 10.6 Å². The van der Waals surface area contributed by atoms with Gasteiger partial charge in [0.05, 0.1) is 0 Å². The van der Waals surface area contributed by atoms with Crippen molar-refractivity contribution in [2.75, 3.05) is 6.54 Å². The van der Waals surface area contributed by atoms with Crippen LogP contribution in [0.4, 0.5) is 4.39 Å². The number of carbonyl (C=O) groups is 2. The number of benzene rings is 2. The number of halogens is 1. The molecule has 2 aromatic carbocycles. The zero-order valence-corrected chi connectivity index (χ0v) is 14.8. The molecule has 5 heteroatoms. The van der Waals surface area contributed by atoms with Gasteiger partial charge in [-0.3, -0.25) is 9.59 Å². The van der Waals surface area contributed by atoms with E-state index >= 15 is 0 Å². The Morgan fingerprint density at radius 3 is 2.31 bits per heavy atom. The van der Waals surface area contributed by atoms with Crippen LogP contribution in [0.15, 0.2) is 48.5 Å². The van der Waals surface area contributed by atoms with Crippen molar-refractivity contribution in [2.45, 2.75) is 32.7 Å². The average Bonchev–Trinajstić information content (AvgIpc) is 3.44. The largest absolute Gasteiger partial charge is 0.355 e. The summed E-state index contributed by atoms with van der Waals surface area (Å²) in [4.78, 5) is 24.9. The number of hydrogen-bond acceptors (Lipinski definition) is 2. The fourth-order valence-corrected chi connectivity index (χ4v) is 2.92. The van der Waals surface area contributed by atoms with E-state index in [1.807, 2.05) is 31.2 Å². The van der Waals surface area contributed by atoms with Gasteiger partial charge in [-0.15, -0.1) is 0 Å². The lowest BCUT2D eigenvalue weighted by molar-refractivity contribution is -0.137. The average molecular weight is 354 g/mol. The quantitative estimate of drug-likeness (QED) is 0.751. The van der Waals surface area contributed by atoms with E-state index in [4.69, 9.17) is 0 Å². The second-order valence-electron chi connectivity index (χ2n) is 6.85. The Bertz CT molecular complexity index is 798. The summed E-state index contributed by atoms with van der Waals surface area (Å²) in [7, 11) is 0. The number of nitrogens with one attached hydrogen (secondary N) is 2. The maximum absolute atomic E-state index is 13.6. The minimum absolute atomic E-state index is 0.235. The molecule has 136 valence electrons. The molecular weight excluding hydrogens is 331 g/mol. The van der Waals surface area contributed by atoms with E-state index in [2.05, 4.69) is 10.6 Å². The van der Waals surface area contributed by atoms with Gasteiger partial charge in [0.15, 0.2) is 0 Å². The first kappa shape index (κ1) is 18.1. The van der Waals surface area contributed by atoms with Crippen LogP contribution in [0.1, 0.15) is 29.5 Å². The van der Waals surface area contributed by atoms with Crippen molar-refractivity contribution in [3.8, 4) is 0 Å². The highest BCUT2D eigenvalue weighted by molar-refractivity contribution is 6.07. The van der Waals surface area contributed by atoms with Crippen LogP contribution in [0.25, 0.3) is 0 Å². The molecule has 1 aliphatic carbocycles. The molecule has 1 fully saturated rings. The smallest absolute Gasteiger partial charge is 0.235 e. The Kier molecular flexibility index (Phi) is 5.35. The van der Waals surface area contributed by atoms with Crippen LogP contribution in [0.3, 0.4) is 0 Å². The lowest BCUT2D eigenvalue weighted by Gasteiger charge is -2.15. The summed E-state index contributed by atoms with van der Waals surface area (Å²) in [6.45, 7) is 2.73. The zero-order valence-electron chi connectivity index (χ0n) is 14.8. The van der Waals surface area contributed by atoms with E-state index in [-0.39, 0.29) is 17.6 Å². The van der Waals surface area contributed by atoms with Gasteiger partial charge in [-0.2, -0.15) is 0 Å². The molecule has 1 saturated carbocycles. The van der Waals surface area contributed by atoms with Crippen LogP contribution in [0.5, 0.6) is 0 Å². The molecule has 0 atom stereocenters. The molecule has 0 radical (unpaired) electrons. The predicted molar refractivity (Wildman–Crippen MR) is 97.8 cm³/mol. The number of carbonyl (C=O) groups excluding carboxylic acids is 2. The van der Waals surface area contributed by atoms with Crippen LogP contribution >= 0.6 is 0 Å². The van der Waals surface area contributed by atoms with Crippen molar-refractivity contribution < 1.29 is 14.0 Å². The van der Waals surface area contributed by atoms with Gasteiger partial charge < -0.3 is 10.6 Å². The van der Waals surface area contributed by atoms with Crippen molar-refractivity contribution >= 4 is 11.8 Å². The Morgan fingerprint density at radius 2 is 1.65 bits per heavy atom. The van der Waals surface area contributed by atoms with E-state index in [1.165, 1.54) is 6.07 Å².